The summed E-state index contributed by atoms with van der Waals surface area (Å²) in [5, 5.41) is 8.52. The summed E-state index contributed by atoms with van der Waals surface area (Å²) in [6.45, 7) is 35.3. The summed E-state index contributed by atoms with van der Waals surface area (Å²) >= 11 is 5.71. The van der Waals surface area contributed by atoms with Crippen molar-refractivity contribution in [1.29, 1.82) is 0 Å². The van der Waals surface area contributed by atoms with Crippen molar-refractivity contribution < 1.29 is 89.4 Å². The third-order valence-electron chi connectivity index (χ3n) is 15.8. The first-order chi connectivity index (χ1) is 25.7. The quantitative estimate of drug-likeness (QED) is 0.169. The van der Waals surface area contributed by atoms with E-state index in [0.717, 1.165) is 107 Å². The van der Waals surface area contributed by atoms with Gasteiger partial charge in [-0.3, -0.25) is 0 Å². The molecule has 0 aliphatic heterocycles. The molecule has 357 valence electrons. The van der Waals surface area contributed by atoms with Crippen molar-refractivity contribution in [3.05, 3.63) is 36.6 Å². The number of allylic oxidation sites excluding steroid dienone is 4. The van der Waals surface area contributed by atoms with E-state index in [1.165, 1.54) is 91.0 Å². The number of hydrogen-bond acceptors (Lipinski definition) is 1. The summed E-state index contributed by atoms with van der Waals surface area (Å²) in [4.78, 5) is 0. The summed E-state index contributed by atoms with van der Waals surface area (Å²) in [5.74, 6) is 16.9. The van der Waals surface area contributed by atoms with Crippen LogP contribution in [-0.2, 0) is 64.0 Å². The van der Waals surface area contributed by atoms with E-state index >= 15 is 0 Å². The van der Waals surface area contributed by atoms with Crippen LogP contribution in [0.2, 0.25) is 0 Å². The zero-order valence-corrected chi connectivity index (χ0v) is 45.8. The number of aliphatic hydroxyl groups is 1. The van der Waals surface area contributed by atoms with E-state index < -0.39 is 5.60 Å². The van der Waals surface area contributed by atoms with Crippen LogP contribution < -0.4 is 20.3 Å². The summed E-state index contributed by atoms with van der Waals surface area (Å²) < 4.78 is 0. The van der Waals surface area contributed by atoms with Crippen LogP contribution in [0, 0.1) is 125 Å². The summed E-state index contributed by atoms with van der Waals surface area (Å²) in [5.41, 5.74) is 1.16. The standard InChI is InChI=1S/C24H43.C24H39.C4H10O.4Cu.HI/c2*1-15-10-17(3)23(18(4)11-15)21-8-7-9-22(14-21)24-19(5)12-16(2)13-20(24)6;1-4(2,3)5;;;;;/h14-24H,7-13H2,1-6H3;7-9,14-21,23-24H,10-13H2,1-6H3;5H,1-3H3;;;;;1H/q2*-1;;;3*+1;. The van der Waals surface area contributed by atoms with Crippen LogP contribution in [0.15, 0.2) is 23.8 Å². The molecule has 0 amide bonds. The molecule has 5 saturated carbocycles. The Bertz CT molecular complexity index is 1080. The molecule has 11 unspecified atom stereocenters. The summed E-state index contributed by atoms with van der Waals surface area (Å²) in [6, 6.07) is 0. The number of halogens is 1. The van der Waals surface area contributed by atoms with E-state index in [0.29, 0.717) is 5.92 Å². The third kappa shape index (κ3) is 18.2. The topological polar surface area (TPSA) is 20.2 Å². The second-order valence-corrected chi connectivity index (χ2v) is 22.8. The maximum absolute atomic E-state index is 8.52. The first-order valence-corrected chi connectivity index (χ1v) is 26.9. The first-order valence-electron chi connectivity index (χ1n) is 23.7. The molecule has 11 atom stereocenters. The summed E-state index contributed by atoms with van der Waals surface area (Å²) in [7, 11) is 0. The minimum atomic E-state index is -0.500. The van der Waals surface area contributed by atoms with Gasteiger partial charge in [-0.2, -0.15) is 11.8 Å². The second-order valence-electron chi connectivity index (χ2n) is 22.8. The van der Waals surface area contributed by atoms with Gasteiger partial charge in [-0.15, -0.1) is 12.2 Å². The van der Waals surface area contributed by atoms with Gasteiger partial charge in [0.1, 0.15) is 0 Å². The Morgan fingerprint density at radius 2 is 0.845 bits per heavy atom. The van der Waals surface area contributed by atoms with Crippen LogP contribution in [0.3, 0.4) is 0 Å². The fourth-order valence-corrected chi connectivity index (χ4v) is 14.9. The van der Waals surface area contributed by atoms with Crippen molar-refractivity contribution in [3.63, 3.8) is 0 Å². The van der Waals surface area contributed by atoms with Gasteiger partial charge >= 0.3 is 67.2 Å². The monoisotopic (exact) mass is 1110 g/mol. The molecule has 0 aromatic heterocycles. The van der Waals surface area contributed by atoms with Gasteiger partial charge in [0, 0.05) is 17.1 Å². The van der Waals surface area contributed by atoms with Crippen molar-refractivity contribution in [2.24, 2.45) is 112 Å². The fourth-order valence-electron chi connectivity index (χ4n) is 14.9. The van der Waals surface area contributed by atoms with Gasteiger partial charge in [-0.1, -0.05) is 120 Å². The Hall–Kier alpha value is 2.12. The molecule has 6 rings (SSSR count). The van der Waals surface area contributed by atoms with E-state index in [1.54, 1.807) is 26.3 Å². The fraction of sp³-hybridized carbons (Fsp3) is 0.885. The van der Waals surface area contributed by atoms with Gasteiger partial charge in [0.25, 0.3) is 0 Å². The third-order valence-corrected chi connectivity index (χ3v) is 15.8. The molecule has 0 saturated heterocycles. The average Bonchev–Trinajstić information content (AvgIpc) is 3.04. The average molecular weight is 1120 g/mol. The predicted octanol–water partition coefficient (Wildman–Crippen LogP) is 11.7. The number of rotatable bonds is 4. The molecule has 0 heterocycles. The molecule has 0 bridgehead atoms. The Morgan fingerprint density at radius 1 is 0.552 bits per heavy atom. The van der Waals surface area contributed by atoms with Gasteiger partial charge in [0.05, 0.1) is 5.60 Å². The molecule has 0 spiro atoms. The van der Waals surface area contributed by atoms with Crippen LogP contribution in [-0.4, -0.2) is 10.7 Å². The molecular weight excluding hydrogens is 1020 g/mol. The molecule has 0 aromatic rings. The molecule has 0 aromatic carbocycles. The maximum atomic E-state index is 8.52. The van der Waals surface area contributed by atoms with Gasteiger partial charge in [-0.25, -0.2) is 18.1 Å². The molecule has 6 aliphatic carbocycles. The SMILES string of the molecule is CC(C)(C)O.CC1CC(C)C(C2=CC=CC(C3C(C)CC(C)CC3C)[CH-]2)C(C)C1.CC1CC(C)C(C2[CH-]C(C3C(C)CC(C)CC3C)CCC2)C(C)C1.[Cu+].[Cu+].[Cu].[Cu][IH+]. The Balaban J connectivity index is 0.000000925. The zero-order valence-electron chi connectivity index (χ0n) is 39.7. The number of hydrogen-bond donors (Lipinski definition) is 1. The first kappa shape index (κ1) is 60.1. The van der Waals surface area contributed by atoms with Crippen molar-refractivity contribution in [1.82, 2.24) is 0 Å². The molecule has 1 radical (unpaired) electrons. The van der Waals surface area contributed by atoms with Crippen LogP contribution in [0.5, 0.6) is 0 Å². The molecule has 1 N–H and O–H groups in total. The van der Waals surface area contributed by atoms with E-state index in [-0.39, 0.29) is 51.2 Å². The molecule has 6 heteroatoms. The molecule has 1 nitrogen and oxygen atoms in total. The second kappa shape index (κ2) is 28.2. The van der Waals surface area contributed by atoms with Crippen LogP contribution in [0.1, 0.15) is 174 Å². The minimum absolute atomic E-state index is 0. The van der Waals surface area contributed by atoms with Crippen LogP contribution in [0.25, 0.3) is 0 Å². The van der Waals surface area contributed by atoms with E-state index in [1.807, 2.05) is 0 Å². The van der Waals surface area contributed by atoms with Crippen molar-refractivity contribution in [2.75, 3.05) is 0 Å². The van der Waals surface area contributed by atoms with Crippen molar-refractivity contribution >= 4 is 0 Å². The predicted molar refractivity (Wildman–Crippen MR) is 234 cm³/mol. The molecular formula is C52H93Cu4IO+. The van der Waals surface area contributed by atoms with Crippen LogP contribution >= 0.6 is 0 Å². The van der Waals surface area contributed by atoms with Crippen molar-refractivity contribution in [2.45, 2.75) is 180 Å². The summed E-state index contributed by atoms with van der Waals surface area (Å²) in [6.07, 6.45) is 28.9. The van der Waals surface area contributed by atoms with Gasteiger partial charge in [-0.05, 0) is 155 Å². The van der Waals surface area contributed by atoms with E-state index in [2.05, 4.69) is 127 Å². The van der Waals surface area contributed by atoms with Gasteiger partial charge in [0.15, 0.2) is 0 Å². The molecule has 6 aliphatic rings. The van der Waals surface area contributed by atoms with E-state index in [9.17, 15) is 0 Å². The normalized spacial score (nSPS) is 43.8. The molecule has 5 fully saturated rings. The Morgan fingerprint density at radius 3 is 1.17 bits per heavy atom. The Kier molecular flexibility index (Phi) is 29.3. The Labute approximate surface area is 414 Å². The molecule has 58 heavy (non-hydrogen) atoms. The van der Waals surface area contributed by atoms with Crippen molar-refractivity contribution in [3.8, 4) is 0 Å². The van der Waals surface area contributed by atoms with Crippen LogP contribution in [0.4, 0.5) is 0 Å². The van der Waals surface area contributed by atoms with Gasteiger partial charge < -0.3 is 11.5 Å². The van der Waals surface area contributed by atoms with E-state index in [4.69, 9.17) is 5.11 Å². The zero-order chi connectivity index (χ0) is 41.4. The van der Waals surface area contributed by atoms with Gasteiger partial charge in [0.2, 0.25) is 0 Å².